The number of halogens is 2. The van der Waals surface area contributed by atoms with E-state index in [0.29, 0.717) is 17.8 Å². The number of hydrogen-bond donors (Lipinski definition) is 1. The van der Waals surface area contributed by atoms with Crippen molar-refractivity contribution in [1.82, 2.24) is 24.7 Å². The summed E-state index contributed by atoms with van der Waals surface area (Å²) in [6.45, 7) is 7.83. The molecule has 3 aromatic rings. The Labute approximate surface area is 197 Å². The maximum Gasteiger partial charge on any atom is 0.322 e. The van der Waals surface area contributed by atoms with Crippen molar-refractivity contribution in [2.45, 2.75) is 45.7 Å². The van der Waals surface area contributed by atoms with Gasteiger partial charge in [-0.2, -0.15) is 4.98 Å². The first-order valence-corrected chi connectivity index (χ1v) is 11.7. The highest BCUT2D eigenvalue weighted by Crippen LogP contribution is 2.40. The molecule has 2 fully saturated rings. The Morgan fingerprint density at radius 1 is 1.18 bits per heavy atom. The van der Waals surface area contributed by atoms with Crippen molar-refractivity contribution in [3.63, 3.8) is 0 Å². The molecular weight excluding hydrogens is 445 g/mol. The van der Waals surface area contributed by atoms with Gasteiger partial charge in [-0.25, -0.2) is 19.0 Å². The van der Waals surface area contributed by atoms with Gasteiger partial charge in [0.1, 0.15) is 23.0 Å². The van der Waals surface area contributed by atoms with Gasteiger partial charge in [0.05, 0.1) is 6.04 Å². The summed E-state index contributed by atoms with van der Waals surface area (Å²) < 4.78 is 21.4. The molecule has 1 aliphatic carbocycles. The van der Waals surface area contributed by atoms with Crippen LogP contribution in [0, 0.1) is 24.6 Å². The lowest BCUT2D eigenvalue weighted by atomic mass is 9.92. The molecule has 1 aromatic carbocycles. The summed E-state index contributed by atoms with van der Waals surface area (Å²) in [6, 6.07) is 7.06. The van der Waals surface area contributed by atoms with Gasteiger partial charge in [-0.3, -0.25) is 0 Å². The molecule has 0 spiro atoms. The molecule has 1 aliphatic heterocycles. The molecule has 8 nitrogen and oxygen atoms in total. The monoisotopic (exact) mass is 471 g/mol. The molecule has 1 saturated carbocycles. The third-order valence-electron chi connectivity index (χ3n) is 6.45. The number of benzene rings is 1. The van der Waals surface area contributed by atoms with Crippen LogP contribution in [0.4, 0.5) is 16.2 Å². The van der Waals surface area contributed by atoms with Gasteiger partial charge in [0.2, 0.25) is 5.95 Å². The highest BCUT2D eigenvalue weighted by Gasteiger charge is 2.43. The van der Waals surface area contributed by atoms with E-state index in [2.05, 4.69) is 30.3 Å². The Hall–Kier alpha value is -2.94. The molecule has 5 rings (SSSR count). The average molecular weight is 472 g/mol. The zero-order valence-corrected chi connectivity index (χ0v) is 19.6. The number of ether oxygens (including phenoxy) is 1. The maximum atomic E-state index is 13.8. The van der Waals surface area contributed by atoms with Gasteiger partial charge in [-0.1, -0.05) is 17.7 Å². The van der Waals surface area contributed by atoms with Crippen molar-refractivity contribution in [2.75, 3.05) is 23.3 Å². The second kappa shape index (κ2) is 8.78. The second-order valence-corrected chi connectivity index (χ2v) is 9.48. The Balaban J connectivity index is 1.34. The minimum Gasteiger partial charge on any atom is -0.423 e. The largest absolute Gasteiger partial charge is 0.423 e. The summed E-state index contributed by atoms with van der Waals surface area (Å²) in [6.07, 6.45) is 3.93. The Kier molecular flexibility index (Phi) is 5.82. The van der Waals surface area contributed by atoms with Crippen molar-refractivity contribution >= 4 is 23.4 Å². The normalized spacial score (nSPS) is 22.1. The van der Waals surface area contributed by atoms with Gasteiger partial charge in [0, 0.05) is 30.9 Å². The molecule has 0 radical (unpaired) electrons. The molecule has 2 bridgehead atoms. The van der Waals surface area contributed by atoms with Gasteiger partial charge in [0.25, 0.3) is 0 Å². The standard InChI is InChI=1S/C23H27ClFN7O/c1-13(2)32-23(33-18-6-4-5-17(25)20(18)24)29-22(30-32)28-21-15-7-8-16(21)11-31(10-15)19-9-14(3)26-12-27-19/h4-6,9,12-13,15-16,21H,7-8,10-11H2,1-3H3,(H,28,30)/t15-,16+,21+. The number of nitrogens with zero attached hydrogens (tertiary/aromatic N) is 6. The molecule has 3 atom stereocenters. The molecule has 10 heteroatoms. The van der Waals surface area contributed by atoms with Crippen LogP contribution in [-0.2, 0) is 0 Å². The molecule has 1 N–H and O–H groups in total. The van der Waals surface area contributed by atoms with Crippen LogP contribution >= 0.6 is 11.6 Å². The fraction of sp³-hybridized carbons (Fsp3) is 0.478. The summed E-state index contributed by atoms with van der Waals surface area (Å²) in [4.78, 5) is 15.6. The fourth-order valence-electron chi connectivity index (χ4n) is 4.85. The Morgan fingerprint density at radius 2 is 1.94 bits per heavy atom. The van der Waals surface area contributed by atoms with E-state index in [1.165, 1.54) is 6.07 Å². The van der Waals surface area contributed by atoms with Gasteiger partial charge in [-0.15, -0.1) is 5.10 Å². The highest BCUT2D eigenvalue weighted by atomic mass is 35.5. The van der Waals surface area contributed by atoms with Crippen LogP contribution in [0.1, 0.15) is 38.4 Å². The van der Waals surface area contributed by atoms with Gasteiger partial charge >= 0.3 is 6.01 Å². The van der Waals surface area contributed by atoms with E-state index in [4.69, 9.17) is 16.3 Å². The van der Waals surface area contributed by atoms with E-state index in [9.17, 15) is 4.39 Å². The summed E-state index contributed by atoms with van der Waals surface area (Å²) in [5.74, 6) is 2.11. The zero-order valence-electron chi connectivity index (χ0n) is 18.9. The zero-order chi connectivity index (χ0) is 23.1. The summed E-state index contributed by atoms with van der Waals surface area (Å²) in [5.41, 5.74) is 0.974. The third-order valence-corrected chi connectivity index (χ3v) is 6.82. The SMILES string of the molecule is Cc1cc(N2C[C@H]3CC[C@@H](C2)[C@H]3Nc2nc(Oc3cccc(F)c3Cl)n(C(C)C)n2)ncn1. The molecular formula is C23H27ClFN7O. The molecule has 0 unspecified atom stereocenters. The quantitative estimate of drug-likeness (QED) is 0.549. The van der Waals surface area contributed by atoms with E-state index in [0.717, 1.165) is 37.4 Å². The van der Waals surface area contributed by atoms with E-state index in [1.807, 2.05) is 26.8 Å². The first kappa shape index (κ1) is 21.9. The lowest BCUT2D eigenvalue weighted by Gasteiger charge is -2.38. The lowest BCUT2D eigenvalue weighted by molar-refractivity contribution is 0.373. The van der Waals surface area contributed by atoms with Crippen LogP contribution in [0.3, 0.4) is 0 Å². The molecule has 3 heterocycles. The minimum absolute atomic E-state index is 0.00922. The van der Waals surface area contributed by atoms with Gasteiger partial charge < -0.3 is 15.0 Å². The van der Waals surface area contributed by atoms with Crippen molar-refractivity contribution in [1.29, 1.82) is 0 Å². The van der Waals surface area contributed by atoms with Crippen molar-refractivity contribution in [3.8, 4) is 11.8 Å². The van der Waals surface area contributed by atoms with Crippen LogP contribution in [-0.4, -0.2) is 43.9 Å². The fourth-order valence-corrected chi connectivity index (χ4v) is 5.01. The Morgan fingerprint density at radius 3 is 2.64 bits per heavy atom. The smallest absolute Gasteiger partial charge is 0.322 e. The molecule has 2 aliphatic rings. The molecule has 2 aromatic heterocycles. The van der Waals surface area contributed by atoms with E-state index in [-0.39, 0.29) is 28.9 Å². The van der Waals surface area contributed by atoms with Gasteiger partial charge in [-0.05, 0) is 57.6 Å². The number of nitrogens with one attached hydrogen (secondary N) is 1. The third kappa shape index (κ3) is 4.34. The van der Waals surface area contributed by atoms with Crippen LogP contribution < -0.4 is 15.0 Å². The van der Waals surface area contributed by atoms with E-state index >= 15 is 0 Å². The van der Waals surface area contributed by atoms with Crippen molar-refractivity contribution in [3.05, 3.63) is 47.1 Å². The van der Waals surface area contributed by atoms with Crippen molar-refractivity contribution < 1.29 is 9.13 Å². The maximum absolute atomic E-state index is 13.8. The predicted octanol–water partition coefficient (Wildman–Crippen LogP) is 4.87. The number of rotatable bonds is 6. The predicted molar refractivity (Wildman–Crippen MR) is 124 cm³/mol. The number of hydrogen-bond acceptors (Lipinski definition) is 7. The molecule has 33 heavy (non-hydrogen) atoms. The summed E-state index contributed by atoms with van der Waals surface area (Å²) >= 11 is 6.07. The number of anilines is 2. The number of aromatic nitrogens is 5. The summed E-state index contributed by atoms with van der Waals surface area (Å²) in [5, 5.41) is 8.13. The number of piperidine rings is 1. The van der Waals surface area contributed by atoms with Crippen molar-refractivity contribution in [2.24, 2.45) is 11.8 Å². The van der Waals surface area contributed by atoms with E-state index in [1.54, 1.807) is 23.1 Å². The van der Waals surface area contributed by atoms with E-state index < -0.39 is 5.82 Å². The van der Waals surface area contributed by atoms with Crippen LogP contribution in [0.2, 0.25) is 5.02 Å². The highest BCUT2D eigenvalue weighted by molar-refractivity contribution is 6.32. The van der Waals surface area contributed by atoms with Gasteiger partial charge in [0.15, 0.2) is 5.75 Å². The molecule has 0 amide bonds. The Bertz CT molecular complexity index is 1140. The first-order chi connectivity index (χ1) is 15.9. The first-order valence-electron chi connectivity index (χ1n) is 11.3. The molecule has 1 saturated heterocycles. The lowest BCUT2D eigenvalue weighted by Crippen LogP contribution is -2.48. The van der Waals surface area contributed by atoms with Crippen LogP contribution in [0.25, 0.3) is 0 Å². The van der Waals surface area contributed by atoms with Crippen LogP contribution in [0.5, 0.6) is 11.8 Å². The minimum atomic E-state index is -0.537. The second-order valence-electron chi connectivity index (χ2n) is 9.10. The number of aryl methyl sites for hydroxylation is 1. The number of fused-ring (bicyclic) bond motifs is 2. The van der Waals surface area contributed by atoms with Crippen LogP contribution in [0.15, 0.2) is 30.6 Å². The summed E-state index contributed by atoms with van der Waals surface area (Å²) in [7, 11) is 0. The molecule has 174 valence electrons. The average Bonchev–Trinajstić information content (AvgIpc) is 3.27. The topological polar surface area (TPSA) is 81.0 Å².